The Morgan fingerprint density at radius 2 is 2.00 bits per heavy atom. The molecule has 0 aliphatic carbocycles. The van der Waals surface area contributed by atoms with E-state index in [1.165, 1.54) is 5.56 Å². The van der Waals surface area contributed by atoms with Gasteiger partial charge in [0.2, 0.25) is 5.96 Å². The van der Waals surface area contributed by atoms with Crippen molar-refractivity contribution >= 4 is 5.96 Å². The first-order valence-electron chi connectivity index (χ1n) is 6.77. The van der Waals surface area contributed by atoms with Gasteiger partial charge in [-0.3, -0.25) is 4.90 Å². The smallest absolute Gasteiger partial charge is 0.213 e. The van der Waals surface area contributed by atoms with Gasteiger partial charge in [-0.25, -0.2) is 0 Å². The summed E-state index contributed by atoms with van der Waals surface area (Å²) in [7, 11) is 0. The fourth-order valence-electron chi connectivity index (χ4n) is 2.47. The van der Waals surface area contributed by atoms with Crippen LogP contribution >= 0.6 is 0 Å². The van der Waals surface area contributed by atoms with Gasteiger partial charge in [0, 0.05) is 32.2 Å². The average molecular weight is 261 g/mol. The normalized spacial score (nSPS) is 22.3. The van der Waals surface area contributed by atoms with E-state index in [2.05, 4.69) is 52.2 Å². The molecule has 1 saturated heterocycles. The van der Waals surface area contributed by atoms with Crippen molar-refractivity contribution in [2.24, 2.45) is 16.7 Å². The second-order valence-corrected chi connectivity index (χ2v) is 5.07. The lowest BCUT2D eigenvalue weighted by atomic mass is 10.1. The molecule has 0 radical (unpaired) electrons. The highest BCUT2D eigenvalue weighted by Gasteiger charge is 2.21. The van der Waals surface area contributed by atoms with E-state index in [0.29, 0.717) is 12.0 Å². The van der Waals surface area contributed by atoms with Crippen molar-refractivity contribution in [1.29, 1.82) is 0 Å². The Hall–Kier alpha value is -1.75. The van der Waals surface area contributed by atoms with Gasteiger partial charge in [-0.15, -0.1) is 5.10 Å². The Morgan fingerprint density at radius 3 is 2.68 bits per heavy atom. The van der Waals surface area contributed by atoms with Crippen molar-refractivity contribution in [1.82, 2.24) is 9.80 Å². The van der Waals surface area contributed by atoms with Crippen LogP contribution in [0.1, 0.15) is 18.9 Å². The summed E-state index contributed by atoms with van der Waals surface area (Å²) >= 11 is 0. The lowest BCUT2D eigenvalue weighted by Gasteiger charge is -2.26. The van der Waals surface area contributed by atoms with Crippen LogP contribution in [0.3, 0.4) is 0 Å². The van der Waals surface area contributed by atoms with Gasteiger partial charge in [0.15, 0.2) is 0 Å². The summed E-state index contributed by atoms with van der Waals surface area (Å²) in [6.07, 6.45) is 1.07. The third kappa shape index (κ3) is 3.61. The van der Waals surface area contributed by atoms with Crippen LogP contribution < -0.4 is 11.6 Å². The van der Waals surface area contributed by atoms with Gasteiger partial charge in [-0.1, -0.05) is 30.3 Å². The lowest BCUT2D eigenvalue weighted by Crippen LogP contribution is -2.40. The molecular weight excluding hydrogens is 238 g/mol. The summed E-state index contributed by atoms with van der Waals surface area (Å²) < 4.78 is 0. The number of hydrogen-bond donors (Lipinski definition) is 2. The molecule has 1 aliphatic heterocycles. The Balaban J connectivity index is 1.98. The van der Waals surface area contributed by atoms with Gasteiger partial charge in [0.05, 0.1) is 0 Å². The molecular formula is C14H23N5. The monoisotopic (exact) mass is 261 g/mol. The Labute approximate surface area is 114 Å². The lowest BCUT2D eigenvalue weighted by molar-refractivity contribution is 0.210. The van der Waals surface area contributed by atoms with Crippen LogP contribution in [0.15, 0.2) is 35.4 Å². The molecule has 0 amide bonds. The molecule has 5 nitrogen and oxygen atoms in total. The molecule has 1 fully saturated rings. The van der Waals surface area contributed by atoms with Crippen molar-refractivity contribution in [3.05, 3.63) is 35.9 Å². The summed E-state index contributed by atoms with van der Waals surface area (Å²) in [6.45, 7) is 6.02. The van der Waals surface area contributed by atoms with Crippen molar-refractivity contribution < 1.29 is 0 Å². The first-order valence-corrected chi connectivity index (χ1v) is 6.77. The summed E-state index contributed by atoms with van der Waals surface area (Å²) in [5.41, 5.74) is 7.14. The van der Waals surface area contributed by atoms with Crippen LogP contribution in [0.25, 0.3) is 0 Å². The van der Waals surface area contributed by atoms with E-state index in [1.54, 1.807) is 0 Å². The summed E-state index contributed by atoms with van der Waals surface area (Å²) in [4.78, 5) is 4.54. The van der Waals surface area contributed by atoms with E-state index in [-0.39, 0.29) is 0 Å². The number of hydrogen-bond acceptors (Lipinski definition) is 3. The molecule has 1 heterocycles. The Bertz CT molecular complexity index is 417. The SMILES string of the molecule is CC1CCN(/C(N)=N/N)CCN1Cc1ccccc1. The van der Waals surface area contributed by atoms with Crippen LogP contribution in [0, 0.1) is 0 Å². The second kappa shape index (κ2) is 6.43. The quantitative estimate of drug-likeness (QED) is 0.357. The van der Waals surface area contributed by atoms with Gasteiger partial charge < -0.3 is 16.5 Å². The molecule has 0 spiro atoms. The van der Waals surface area contributed by atoms with E-state index in [9.17, 15) is 0 Å². The molecule has 2 rings (SSSR count). The fraction of sp³-hybridized carbons (Fsp3) is 0.500. The zero-order chi connectivity index (χ0) is 13.7. The third-order valence-electron chi connectivity index (χ3n) is 3.78. The van der Waals surface area contributed by atoms with E-state index in [1.807, 2.05) is 0 Å². The molecule has 1 unspecified atom stereocenters. The predicted molar refractivity (Wildman–Crippen MR) is 78.3 cm³/mol. The second-order valence-electron chi connectivity index (χ2n) is 5.07. The van der Waals surface area contributed by atoms with E-state index < -0.39 is 0 Å². The number of rotatable bonds is 2. The molecule has 1 aromatic carbocycles. The van der Waals surface area contributed by atoms with Crippen molar-refractivity contribution in [2.45, 2.75) is 25.9 Å². The predicted octanol–water partition coefficient (Wildman–Crippen LogP) is 0.771. The number of guanidine groups is 1. The molecule has 104 valence electrons. The number of nitrogens with zero attached hydrogens (tertiary/aromatic N) is 3. The van der Waals surface area contributed by atoms with Crippen LogP contribution in [0.4, 0.5) is 0 Å². The van der Waals surface area contributed by atoms with Gasteiger partial charge in [-0.2, -0.15) is 0 Å². The van der Waals surface area contributed by atoms with Crippen LogP contribution in [0.5, 0.6) is 0 Å². The average Bonchev–Trinajstić information content (AvgIpc) is 2.62. The van der Waals surface area contributed by atoms with Crippen LogP contribution in [-0.4, -0.2) is 41.4 Å². The minimum atomic E-state index is 0.439. The fourth-order valence-corrected chi connectivity index (χ4v) is 2.47. The van der Waals surface area contributed by atoms with Gasteiger partial charge >= 0.3 is 0 Å². The van der Waals surface area contributed by atoms with Gasteiger partial charge in [-0.05, 0) is 18.9 Å². The maximum absolute atomic E-state index is 5.79. The summed E-state index contributed by atoms with van der Waals surface area (Å²) in [6, 6.07) is 11.1. The molecule has 5 heteroatoms. The van der Waals surface area contributed by atoms with Crippen molar-refractivity contribution in [3.8, 4) is 0 Å². The maximum atomic E-state index is 5.79. The molecule has 1 atom stereocenters. The summed E-state index contributed by atoms with van der Waals surface area (Å²) in [5, 5.41) is 3.59. The largest absolute Gasteiger partial charge is 0.368 e. The topological polar surface area (TPSA) is 70.9 Å². The van der Waals surface area contributed by atoms with E-state index in [4.69, 9.17) is 11.6 Å². The molecule has 1 aliphatic rings. The van der Waals surface area contributed by atoms with Crippen LogP contribution in [-0.2, 0) is 6.54 Å². The number of hydrazone groups is 1. The minimum absolute atomic E-state index is 0.439. The molecule has 4 N–H and O–H groups in total. The number of benzene rings is 1. The molecule has 19 heavy (non-hydrogen) atoms. The Kier molecular flexibility index (Phi) is 4.63. The zero-order valence-electron chi connectivity index (χ0n) is 11.5. The highest BCUT2D eigenvalue weighted by Crippen LogP contribution is 2.14. The molecule has 1 aromatic rings. The van der Waals surface area contributed by atoms with E-state index >= 15 is 0 Å². The molecule has 0 bridgehead atoms. The third-order valence-corrected chi connectivity index (χ3v) is 3.78. The molecule has 0 saturated carbocycles. The standard InChI is InChI=1S/C14H23N5/c1-12-7-8-18(14(15)17-16)9-10-19(12)11-13-5-3-2-4-6-13/h2-6,12H,7-11,16H2,1H3,(H2,15,17). The highest BCUT2D eigenvalue weighted by atomic mass is 15.3. The summed E-state index contributed by atoms with van der Waals surface area (Å²) in [5.74, 6) is 5.69. The number of nitrogens with two attached hydrogens (primary N) is 2. The van der Waals surface area contributed by atoms with Crippen molar-refractivity contribution in [3.63, 3.8) is 0 Å². The first kappa shape index (κ1) is 13.7. The van der Waals surface area contributed by atoms with Crippen molar-refractivity contribution in [2.75, 3.05) is 19.6 Å². The zero-order valence-corrected chi connectivity index (χ0v) is 11.5. The van der Waals surface area contributed by atoms with Crippen LogP contribution in [0.2, 0.25) is 0 Å². The van der Waals surface area contributed by atoms with Gasteiger partial charge in [0.25, 0.3) is 0 Å². The van der Waals surface area contributed by atoms with Gasteiger partial charge in [0.1, 0.15) is 0 Å². The first-order chi connectivity index (χ1) is 9.20. The Morgan fingerprint density at radius 1 is 1.26 bits per heavy atom. The van der Waals surface area contributed by atoms with E-state index in [0.717, 1.165) is 32.6 Å². The maximum Gasteiger partial charge on any atom is 0.213 e. The minimum Gasteiger partial charge on any atom is -0.368 e. The molecule has 0 aromatic heterocycles. The highest BCUT2D eigenvalue weighted by molar-refractivity contribution is 5.77.